The van der Waals surface area contributed by atoms with Crippen molar-refractivity contribution >= 4 is 23.3 Å². The van der Waals surface area contributed by atoms with Crippen LogP contribution in [0.25, 0.3) is 5.52 Å². The highest BCUT2D eigenvalue weighted by Gasteiger charge is 2.56. The molecule has 4 rings (SSSR count). The normalized spacial score (nSPS) is 28.7. The van der Waals surface area contributed by atoms with E-state index in [0.29, 0.717) is 23.5 Å². The summed E-state index contributed by atoms with van der Waals surface area (Å²) in [5.74, 6) is -0.289. The van der Waals surface area contributed by atoms with Gasteiger partial charge < -0.3 is 25.1 Å². The Balaban J connectivity index is 1.58. The highest BCUT2D eigenvalue weighted by molar-refractivity contribution is 5.70. The molecule has 0 unspecified atom stereocenters. The first-order chi connectivity index (χ1) is 15.3. The van der Waals surface area contributed by atoms with Crippen LogP contribution in [0.1, 0.15) is 58.1 Å². The SMILES string of the molecule is CC(=O)OC[C@H]1O[C@@](C)(c2ccc3c(N)ncnn23)[C@H](O)[C@@H]1OC(=O)CC1CCCCC1. The van der Waals surface area contributed by atoms with Crippen LogP contribution in [-0.4, -0.2) is 56.6 Å². The molecule has 1 aliphatic carbocycles. The Morgan fingerprint density at radius 3 is 2.78 bits per heavy atom. The van der Waals surface area contributed by atoms with Crippen LogP contribution < -0.4 is 5.73 Å². The van der Waals surface area contributed by atoms with Crippen LogP contribution in [-0.2, 0) is 29.4 Å². The zero-order chi connectivity index (χ0) is 22.9. The zero-order valence-electron chi connectivity index (χ0n) is 18.4. The van der Waals surface area contributed by atoms with E-state index in [1.54, 1.807) is 23.6 Å². The van der Waals surface area contributed by atoms with E-state index in [0.717, 1.165) is 25.7 Å². The van der Waals surface area contributed by atoms with E-state index in [1.165, 1.54) is 19.7 Å². The minimum Gasteiger partial charge on any atom is -0.463 e. The van der Waals surface area contributed by atoms with Crippen LogP contribution >= 0.6 is 0 Å². The number of hydrogen-bond donors (Lipinski definition) is 2. The van der Waals surface area contributed by atoms with E-state index in [-0.39, 0.29) is 18.4 Å². The van der Waals surface area contributed by atoms with Gasteiger partial charge in [0, 0.05) is 13.3 Å². The van der Waals surface area contributed by atoms with Gasteiger partial charge in [0.25, 0.3) is 0 Å². The summed E-state index contributed by atoms with van der Waals surface area (Å²) in [6.07, 6.45) is 4.01. The summed E-state index contributed by atoms with van der Waals surface area (Å²) in [6.45, 7) is 2.83. The van der Waals surface area contributed by atoms with Gasteiger partial charge >= 0.3 is 11.9 Å². The number of fused-ring (bicyclic) bond motifs is 1. The number of aliphatic hydroxyl groups is 1. The number of aliphatic hydroxyl groups excluding tert-OH is 1. The smallest absolute Gasteiger partial charge is 0.306 e. The van der Waals surface area contributed by atoms with Crippen molar-refractivity contribution in [1.82, 2.24) is 14.6 Å². The number of ether oxygens (including phenoxy) is 3. The quantitative estimate of drug-likeness (QED) is 0.635. The number of aromatic nitrogens is 3. The van der Waals surface area contributed by atoms with Gasteiger partial charge in [0.05, 0.1) is 5.69 Å². The second-order valence-electron chi connectivity index (χ2n) is 8.83. The average molecular weight is 447 g/mol. The molecular weight excluding hydrogens is 416 g/mol. The van der Waals surface area contributed by atoms with Gasteiger partial charge in [0.1, 0.15) is 36.3 Å². The number of nitrogens with zero attached hydrogens (tertiary/aromatic N) is 3. The molecule has 4 atom stereocenters. The lowest BCUT2D eigenvalue weighted by atomic mass is 9.87. The van der Waals surface area contributed by atoms with Crippen LogP contribution in [0.5, 0.6) is 0 Å². The fourth-order valence-corrected chi connectivity index (χ4v) is 4.80. The maximum absolute atomic E-state index is 12.7. The summed E-state index contributed by atoms with van der Waals surface area (Å²) >= 11 is 0. The number of anilines is 1. The van der Waals surface area contributed by atoms with Crippen LogP contribution in [0.4, 0.5) is 5.82 Å². The lowest BCUT2D eigenvalue weighted by Gasteiger charge is -2.28. The molecule has 0 spiro atoms. The molecule has 174 valence electrons. The Kier molecular flexibility index (Phi) is 6.34. The lowest BCUT2D eigenvalue weighted by Crippen LogP contribution is -2.42. The Labute approximate surface area is 186 Å². The van der Waals surface area contributed by atoms with Crippen molar-refractivity contribution in [3.63, 3.8) is 0 Å². The summed E-state index contributed by atoms with van der Waals surface area (Å²) in [4.78, 5) is 28.1. The van der Waals surface area contributed by atoms with Crippen molar-refractivity contribution in [1.29, 1.82) is 0 Å². The van der Waals surface area contributed by atoms with Crippen LogP contribution in [0.2, 0.25) is 0 Å². The minimum atomic E-state index is -1.28. The monoisotopic (exact) mass is 446 g/mol. The first-order valence-corrected chi connectivity index (χ1v) is 11.1. The van der Waals surface area contributed by atoms with Crippen LogP contribution in [0.15, 0.2) is 18.5 Å². The number of hydrogen-bond acceptors (Lipinski definition) is 9. The first kappa shape index (κ1) is 22.5. The summed E-state index contributed by atoms with van der Waals surface area (Å²) in [7, 11) is 0. The topological polar surface area (TPSA) is 138 Å². The molecule has 10 nitrogen and oxygen atoms in total. The van der Waals surface area contributed by atoms with Gasteiger partial charge in [-0.05, 0) is 37.8 Å². The minimum absolute atomic E-state index is 0.149. The van der Waals surface area contributed by atoms with Crippen molar-refractivity contribution in [2.45, 2.75) is 76.3 Å². The fourth-order valence-electron chi connectivity index (χ4n) is 4.80. The Bertz CT molecular complexity index is 988. The molecule has 2 fully saturated rings. The van der Waals surface area contributed by atoms with Gasteiger partial charge in [-0.2, -0.15) is 5.10 Å². The third kappa shape index (κ3) is 4.29. The van der Waals surface area contributed by atoms with Crippen molar-refractivity contribution in [3.8, 4) is 0 Å². The Hall–Kier alpha value is -2.72. The van der Waals surface area contributed by atoms with Crippen LogP contribution in [0, 0.1) is 5.92 Å². The van der Waals surface area contributed by atoms with Gasteiger partial charge in [-0.1, -0.05) is 19.3 Å². The molecular formula is C22H30N4O6. The summed E-state index contributed by atoms with van der Waals surface area (Å²) < 4.78 is 18.6. The van der Waals surface area contributed by atoms with E-state index in [4.69, 9.17) is 19.9 Å². The average Bonchev–Trinajstić information content (AvgIpc) is 3.30. The van der Waals surface area contributed by atoms with Gasteiger partial charge in [-0.25, -0.2) is 9.50 Å². The van der Waals surface area contributed by atoms with Gasteiger partial charge in [-0.15, -0.1) is 0 Å². The summed E-state index contributed by atoms with van der Waals surface area (Å²) in [5.41, 5.74) is 5.74. The van der Waals surface area contributed by atoms with E-state index >= 15 is 0 Å². The zero-order valence-corrected chi connectivity index (χ0v) is 18.4. The van der Waals surface area contributed by atoms with E-state index < -0.39 is 29.9 Å². The van der Waals surface area contributed by atoms with E-state index in [2.05, 4.69) is 10.1 Å². The molecule has 0 bridgehead atoms. The highest BCUT2D eigenvalue weighted by Crippen LogP contribution is 2.42. The number of nitrogen functional groups attached to an aromatic ring is 1. The first-order valence-electron chi connectivity index (χ1n) is 11.1. The predicted molar refractivity (Wildman–Crippen MR) is 113 cm³/mol. The molecule has 1 aliphatic heterocycles. The number of carbonyl (C=O) groups excluding carboxylic acids is 2. The molecule has 0 aromatic carbocycles. The molecule has 0 radical (unpaired) electrons. The molecule has 2 aromatic heterocycles. The molecule has 2 aromatic rings. The standard InChI is InChI=1S/C22H30N4O6/c1-13(27)30-11-16-19(31-18(28)10-14-6-4-3-5-7-14)20(29)22(2,32-16)17-9-8-15-21(23)24-12-25-26(15)17/h8-9,12,14,16,19-20,29H,3-7,10-11H2,1-2H3,(H2,23,24,25)/t16-,19-,20-,22+/m1/s1. The van der Waals surface area contributed by atoms with Gasteiger partial charge in [0.2, 0.25) is 0 Å². The molecule has 3 N–H and O–H groups in total. The van der Waals surface area contributed by atoms with E-state index in [1.807, 2.05) is 0 Å². The fraction of sp³-hybridized carbons (Fsp3) is 0.636. The maximum Gasteiger partial charge on any atom is 0.306 e. The molecule has 1 saturated carbocycles. The van der Waals surface area contributed by atoms with Crippen LogP contribution in [0.3, 0.4) is 0 Å². The van der Waals surface area contributed by atoms with Crippen molar-refractivity contribution < 1.29 is 28.9 Å². The number of rotatable bonds is 6. The Morgan fingerprint density at radius 1 is 1.31 bits per heavy atom. The third-order valence-corrected chi connectivity index (χ3v) is 6.53. The summed E-state index contributed by atoms with van der Waals surface area (Å²) in [6, 6.07) is 3.47. The number of nitrogens with two attached hydrogens (primary N) is 1. The third-order valence-electron chi connectivity index (χ3n) is 6.53. The van der Waals surface area contributed by atoms with Crippen molar-refractivity contribution in [2.75, 3.05) is 12.3 Å². The number of carbonyl (C=O) groups is 2. The molecule has 1 saturated heterocycles. The van der Waals surface area contributed by atoms with Gasteiger partial charge in [-0.3, -0.25) is 9.59 Å². The largest absolute Gasteiger partial charge is 0.463 e. The van der Waals surface area contributed by atoms with E-state index in [9.17, 15) is 14.7 Å². The lowest BCUT2D eigenvalue weighted by molar-refractivity contribution is -0.160. The Morgan fingerprint density at radius 2 is 2.06 bits per heavy atom. The molecule has 32 heavy (non-hydrogen) atoms. The molecule has 0 amide bonds. The van der Waals surface area contributed by atoms with Gasteiger partial charge in [0.15, 0.2) is 11.9 Å². The molecule has 2 aliphatic rings. The highest BCUT2D eigenvalue weighted by atomic mass is 16.6. The molecule has 3 heterocycles. The second-order valence-corrected chi connectivity index (χ2v) is 8.83. The number of esters is 2. The van der Waals surface area contributed by atoms with Crippen molar-refractivity contribution in [2.24, 2.45) is 5.92 Å². The summed E-state index contributed by atoms with van der Waals surface area (Å²) in [5, 5.41) is 15.5. The predicted octanol–water partition coefficient (Wildman–Crippen LogP) is 1.73. The maximum atomic E-state index is 12.7. The molecule has 10 heteroatoms. The second kappa shape index (κ2) is 9.03. The van der Waals surface area contributed by atoms with Crippen molar-refractivity contribution in [3.05, 3.63) is 24.2 Å².